The van der Waals surface area contributed by atoms with Crippen LogP contribution in [0.25, 0.3) is 10.9 Å². The van der Waals surface area contributed by atoms with Gasteiger partial charge in [0.15, 0.2) is 0 Å². The number of likely N-dealkylation sites (tertiary alicyclic amines) is 1. The quantitative estimate of drug-likeness (QED) is 0.858. The van der Waals surface area contributed by atoms with Crippen LogP contribution < -0.4 is 5.32 Å². The van der Waals surface area contributed by atoms with Crippen LogP contribution in [0.15, 0.2) is 30.3 Å². The summed E-state index contributed by atoms with van der Waals surface area (Å²) in [6.07, 6.45) is 2.42. The van der Waals surface area contributed by atoms with Crippen molar-refractivity contribution in [2.75, 3.05) is 19.6 Å². The molecule has 0 unspecified atom stereocenters. The molecule has 0 radical (unpaired) electrons. The fourth-order valence-electron chi connectivity index (χ4n) is 3.01. The summed E-state index contributed by atoms with van der Waals surface area (Å²) in [5, 5.41) is 4.01. The van der Waals surface area contributed by atoms with Gasteiger partial charge >= 0.3 is 0 Å². The van der Waals surface area contributed by atoms with E-state index in [1.165, 1.54) is 0 Å². The molecule has 0 saturated carbocycles. The van der Waals surface area contributed by atoms with Crippen LogP contribution in [0.3, 0.4) is 0 Å². The first-order chi connectivity index (χ1) is 10.7. The molecule has 1 N–H and O–H groups in total. The second-order valence-electron chi connectivity index (χ2n) is 5.74. The van der Waals surface area contributed by atoms with Gasteiger partial charge in [0.25, 0.3) is 5.91 Å². The Bertz CT molecular complexity index is 705. The molecule has 1 aromatic carbocycles. The van der Waals surface area contributed by atoms with Gasteiger partial charge in [-0.2, -0.15) is 0 Å². The number of hydrogen-bond donors (Lipinski definition) is 1. The van der Waals surface area contributed by atoms with Gasteiger partial charge in [-0.05, 0) is 25.0 Å². The first kappa shape index (κ1) is 14.6. The number of amides is 2. The molecule has 0 bridgehead atoms. The lowest BCUT2D eigenvalue weighted by Gasteiger charge is -2.15. The van der Waals surface area contributed by atoms with Crippen LogP contribution in [-0.2, 0) is 11.8 Å². The van der Waals surface area contributed by atoms with Crippen molar-refractivity contribution in [2.24, 2.45) is 7.05 Å². The lowest BCUT2D eigenvalue weighted by atomic mass is 10.2. The number of rotatable bonds is 5. The molecule has 2 aromatic rings. The van der Waals surface area contributed by atoms with E-state index in [4.69, 9.17) is 0 Å². The van der Waals surface area contributed by atoms with Gasteiger partial charge in [-0.1, -0.05) is 18.2 Å². The standard InChI is InChI=1S/C17H21N3O2/c1-19-14-7-3-2-6-13(14)12-15(19)17(22)18-9-5-11-20-10-4-8-16(20)21/h2-3,6-7,12H,4-5,8-11H2,1H3,(H,18,22). The fourth-order valence-corrected chi connectivity index (χ4v) is 3.01. The van der Waals surface area contributed by atoms with Crippen LogP contribution in [0.5, 0.6) is 0 Å². The third kappa shape index (κ3) is 2.84. The van der Waals surface area contributed by atoms with E-state index in [0.717, 1.165) is 36.8 Å². The summed E-state index contributed by atoms with van der Waals surface area (Å²) in [6.45, 7) is 2.17. The maximum atomic E-state index is 12.3. The molecule has 3 rings (SSSR count). The van der Waals surface area contributed by atoms with E-state index in [0.29, 0.717) is 18.7 Å². The number of aryl methyl sites for hydroxylation is 1. The van der Waals surface area contributed by atoms with Crippen molar-refractivity contribution in [2.45, 2.75) is 19.3 Å². The van der Waals surface area contributed by atoms with E-state index >= 15 is 0 Å². The van der Waals surface area contributed by atoms with Crippen molar-refractivity contribution in [3.63, 3.8) is 0 Å². The SMILES string of the molecule is Cn1c(C(=O)NCCCN2CCCC2=O)cc2ccccc21. The van der Waals surface area contributed by atoms with Crippen LogP contribution >= 0.6 is 0 Å². The summed E-state index contributed by atoms with van der Waals surface area (Å²) in [5.41, 5.74) is 1.72. The number of carbonyl (C=O) groups is 2. The molecular formula is C17H21N3O2. The Morgan fingerprint density at radius 1 is 1.32 bits per heavy atom. The molecule has 0 spiro atoms. The summed E-state index contributed by atoms with van der Waals surface area (Å²) in [6, 6.07) is 9.86. The number of nitrogens with one attached hydrogen (secondary N) is 1. The Balaban J connectivity index is 1.55. The number of carbonyl (C=O) groups excluding carboxylic acids is 2. The third-order valence-electron chi connectivity index (χ3n) is 4.25. The van der Waals surface area contributed by atoms with Crippen LogP contribution in [-0.4, -0.2) is 40.9 Å². The van der Waals surface area contributed by atoms with E-state index < -0.39 is 0 Å². The Morgan fingerprint density at radius 3 is 2.86 bits per heavy atom. The number of para-hydroxylation sites is 1. The van der Waals surface area contributed by atoms with E-state index in [1.807, 2.05) is 46.8 Å². The second kappa shape index (κ2) is 6.22. The number of benzene rings is 1. The Labute approximate surface area is 129 Å². The van der Waals surface area contributed by atoms with Crippen LogP contribution in [0.2, 0.25) is 0 Å². The molecule has 1 aromatic heterocycles. The van der Waals surface area contributed by atoms with Crippen molar-refractivity contribution in [1.82, 2.24) is 14.8 Å². The molecule has 0 aliphatic carbocycles. The van der Waals surface area contributed by atoms with Gasteiger partial charge in [0, 0.05) is 44.0 Å². The van der Waals surface area contributed by atoms with Gasteiger partial charge in [-0.15, -0.1) is 0 Å². The zero-order valence-corrected chi connectivity index (χ0v) is 12.8. The zero-order chi connectivity index (χ0) is 15.5. The molecule has 1 saturated heterocycles. The molecule has 5 heteroatoms. The second-order valence-corrected chi connectivity index (χ2v) is 5.74. The predicted octanol–water partition coefficient (Wildman–Crippen LogP) is 1.92. The highest BCUT2D eigenvalue weighted by atomic mass is 16.2. The van der Waals surface area contributed by atoms with Gasteiger partial charge in [-0.25, -0.2) is 0 Å². The summed E-state index contributed by atoms with van der Waals surface area (Å²) in [5.74, 6) is 0.173. The fraction of sp³-hybridized carbons (Fsp3) is 0.412. The molecule has 2 heterocycles. The molecule has 116 valence electrons. The smallest absolute Gasteiger partial charge is 0.267 e. The van der Waals surface area contributed by atoms with Gasteiger partial charge in [0.1, 0.15) is 5.69 Å². The average Bonchev–Trinajstić information content (AvgIpc) is 3.08. The molecule has 2 amide bonds. The Kier molecular flexibility index (Phi) is 4.13. The van der Waals surface area contributed by atoms with Crippen molar-refractivity contribution in [1.29, 1.82) is 0 Å². The molecule has 1 aliphatic rings. The molecule has 1 aliphatic heterocycles. The Morgan fingerprint density at radius 2 is 2.14 bits per heavy atom. The van der Waals surface area contributed by atoms with Crippen molar-refractivity contribution < 1.29 is 9.59 Å². The predicted molar refractivity (Wildman–Crippen MR) is 85.7 cm³/mol. The summed E-state index contributed by atoms with van der Waals surface area (Å²) in [4.78, 5) is 25.7. The maximum absolute atomic E-state index is 12.3. The largest absolute Gasteiger partial charge is 0.351 e. The summed E-state index contributed by atoms with van der Waals surface area (Å²) < 4.78 is 1.91. The lowest BCUT2D eigenvalue weighted by molar-refractivity contribution is -0.127. The van der Waals surface area contributed by atoms with Gasteiger partial charge in [0.05, 0.1) is 0 Å². The molecule has 1 fully saturated rings. The zero-order valence-electron chi connectivity index (χ0n) is 12.8. The van der Waals surface area contributed by atoms with Gasteiger partial charge in [0.2, 0.25) is 5.91 Å². The minimum Gasteiger partial charge on any atom is -0.351 e. The van der Waals surface area contributed by atoms with E-state index in [9.17, 15) is 9.59 Å². The van der Waals surface area contributed by atoms with Crippen LogP contribution in [0.1, 0.15) is 29.8 Å². The van der Waals surface area contributed by atoms with Gasteiger partial charge in [-0.3, -0.25) is 9.59 Å². The summed E-state index contributed by atoms with van der Waals surface area (Å²) >= 11 is 0. The number of aromatic nitrogens is 1. The highest BCUT2D eigenvalue weighted by Gasteiger charge is 2.19. The first-order valence-corrected chi connectivity index (χ1v) is 7.77. The molecular weight excluding hydrogens is 278 g/mol. The van der Waals surface area contributed by atoms with E-state index in [-0.39, 0.29) is 11.8 Å². The molecule has 0 atom stereocenters. The minimum absolute atomic E-state index is 0.0635. The van der Waals surface area contributed by atoms with E-state index in [2.05, 4.69) is 5.32 Å². The van der Waals surface area contributed by atoms with Crippen molar-refractivity contribution in [3.8, 4) is 0 Å². The molecule has 22 heavy (non-hydrogen) atoms. The topological polar surface area (TPSA) is 54.3 Å². The maximum Gasteiger partial charge on any atom is 0.267 e. The third-order valence-corrected chi connectivity index (χ3v) is 4.25. The van der Waals surface area contributed by atoms with Gasteiger partial charge < -0.3 is 14.8 Å². The Hall–Kier alpha value is -2.30. The number of hydrogen-bond acceptors (Lipinski definition) is 2. The van der Waals surface area contributed by atoms with E-state index in [1.54, 1.807) is 0 Å². The number of nitrogens with zero attached hydrogens (tertiary/aromatic N) is 2. The van der Waals surface area contributed by atoms with Crippen molar-refractivity contribution >= 4 is 22.7 Å². The monoisotopic (exact) mass is 299 g/mol. The average molecular weight is 299 g/mol. The molecule has 5 nitrogen and oxygen atoms in total. The lowest BCUT2D eigenvalue weighted by Crippen LogP contribution is -2.31. The van der Waals surface area contributed by atoms with Crippen LogP contribution in [0, 0.1) is 0 Å². The van der Waals surface area contributed by atoms with Crippen LogP contribution in [0.4, 0.5) is 0 Å². The highest BCUT2D eigenvalue weighted by molar-refractivity contribution is 5.98. The summed E-state index contributed by atoms with van der Waals surface area (Å²) in [7, 11) is 1.90. The minimum atomic E-state index is -0.0635. The first-order valence-electron chi connectivity index (χ1n) is 7.77. The van der Waals surface area contributed by atoms with Crippen molar-refractivity contribution in [3.05, 3.63) is 36.0 Å². The normalized spacial score (nSPS) is 14.8. The number of fused-ring (bicyclic) bond motifs is 1. The highest BCUT2D eigenvalue weighted by Crippen LogP contribution is 2.18.